The lowest BCUT2D eigenvalue weighted by Gasteiger charge is -2.06. The molecule has 0 atom stereocenters. The second-order valence-corrected chi connectivity index (χ2v) is 6.05. The minimum atomic E-state index is -0.0322. The van der Waals surface area contributed by atoms with Crippen LogP contribution in [0.4, 0.5) is 0 Å². The Kier molecular flexibility index (Phi) is 8.66. The van der Waals surface area contributed by atoms with E-state index in [-0.39, 0.29) is 5.91 Å². The molecule has 2 rings (SSSR count). The fourth-order valence-electron chi connectivity index (χ4n) is 2.61. The quantitative estimate of drug-likeness (QED) is 0.475. The Morgan fingerprint density at radius 3 is 2.04 bits per heavy atom. The Morgan fingerprint density at radius 2 is 1.33 bits per heavy atom. The standard InChI is InChI=1S/C21H27NO2/c23-21(22-24-18-20-15-9-5-10-16-20)17-11-3-1-2-6-12-19-13-7-4-8-14-19/h4-5,7-10,13-16H,1-3,6,11-12,17-18H2,(H,22,23). The molecule has 0 aliphatic rings. The van der Waals surface area contributed by atoms with Crippen LogP contribution in [0, 0.1) is 0 Å². The molecule has 1 amide bonds. The predicted octanol–water partition coefficient (Wildman–Crippen LogP) is 4.82. The number of hydrogen-bond acceptors (Lipinski definition) is 2. The summed E-state index contributed by atoms with van der Waals surface area (Å²) in [7, 11) is 0. The van der Waals surface area contributed by atoms with Crippen molar-refractivity contribution in [2.24, 2.45) is 0 Å². The summed E-state index contributed by atoms with van der Waals surface area (Å²) in [6, 6.07) is 20.4. The summed E-state index contributed by atoms with van der Waals surface area (Å²) >= 11 is 0. The highest BCUT2D eigenvalue weighted by molar-refractivity contribution is 5.74. The first-order valence-electron chi connectivity index (χ1n) is 8.83. The average molecular weight is 325 g/mol. The van der Waals surface area contributed by atoms with Crippen molar-refractivity contribution in [2.45, 2.75) is 51.6 Å². The molecular weight excluding hydrogens is 298 g/mol. The largest absolute Gasteiger partial charge is 0.273 e. The number of hydroxylamine groups is 1. The SMILES string of the molecule is O=C(CCCCCCCc1ccccc1)NOCc1ccccc1. The Bertz CT molecular complexity index is 569. The van der Waals surface area contributed by atoms with Gasteiger partial charge in [-0.3, -0.25) is 9.63 Å². The summed E-state index contributed by atoms with van der Waals surface area (Å²) < 4.78 is 0. The van der Waals surface area contributed by atoms with Crippen LogP contribution >= 0.6 is 0 Å². The third-order valence-corrected chi connectivity index (χ3v) is 3.98. The van der Waals surface area contributed by atoms with Crippen molar-refractivity contribution in [1.82, 2.24) is 5.48 Å². The van der Waals surface area contributed by atoms with Crippen LogP contribution in [0.1, 0.15) is 49.7 Å². The molecule has 0 radical (unpaired) electrons. The number of carbonyl (C=O) groups is 1. The van der Waals surface area contributed by atoms with Crippen LogP contribution in [-0.2, 0) is 22.7 Å². The molecule has 0 aliphatic heterocycles. The zero-order valence-corrected chi connectivity index (χ0v) is 14.2. The fraction of sp³-hybridized carbons (Fsp3) is 0.381. The van der Waals surface area contributed by atoms with E-state index in [4.69, 9.17) is 4.84 Å². The van der Waals surface area contributed by atoms with Crippen molar-refractivity contribution in [3.05, 3.63) is 71.8 Å². The summed E-state index contributed by atoms with van der Waals surface area (Å²) in [5.74, 6) is -0.0322. The zero-order valence-electron chi connectivity index (χ0n) is 14.2. The van der Waals surface area contributed by atoms with Crippen LogP contribution < -0.4 is 5.48 Å². The zero-order chi connectivity index (χ0) is 16.9. The van der Waals surface area contributed by atoms with Crippen LogP contribution in [0.3, 0.4) is 0 Å². The molecular formula is C21H27NO2. The van der Waals surface area contributed by atoms with Gasteiger partial charge in [0, 0.05) is 6.42 Å². The van der Waals surface area contributed by atoms with E-state index in [1.165, 1.54) is 24.8 Å². The van der Waals surface area contributed by atoms with Crippen LogP contribution in [0.25, 0.3) is 0 Å². The Hall–Kier alpha value is -2.13. The number of unbranched alkanes of at least 4 members (excludes halogenated alkanes) is 4. The summed E-state index contributed by atoms with van der Waals surface area (Å²) in [6.07, 6.45) is 7.33. The van der Waals surface area contributed by atoms with E-state index in [1.54, 1.807) is 0 Å². The lowest BCUT2D eigenvalue weighted by atomic mass is 10.0. The van der Waals surface area contributed by atoms with Gasteiger partial charge in [0.25, 0.3) is 0 Å². The number of aryl methyl sites for hydroxylation is 1. The Labute approximate surface area is 145 Å². The van der Waals surface area contributed by atoms with E-state index in [1.807, 2.05) is 30.3 Å². The first-order valence-corrected chi connectivity index (χ1v) is 8.83. The molecule has 3 heteroatoms. The summed E-state index contributed by atoms with van der Waals surface area (Å²) in [4.78, 5) is 16.9. The maximum absolute atomic E-state index is 11.7. The molecule has 0 spiro atoms. The Balaban J connectivity index is 1.42. The highest BCUT2D eigenvalue weighted by Gasteiger charge is 2.01. The van der Waals surface area contributed by atoms with Crippen molar-refractivity contribution < 1.29 is 9.63 Å². The van der Waals surface area contributed by atoms with E-state index in [0.29, 0.717) is 13.0 Å². The molecule has 0 fully saturated rings. The van der Waals surface area contributed by atoms with Gasteiger partial charge in [0.2, 0.25) is 5.91 Å². The van der Waals surface area contributed by atoms with Gasteiger partial charge < -0.3 is 0 Å². The molecule has 24 heavy (non-hydrogen) atoms. The lowest BCUT2D eigenvalue weighted by molar-refractivity contribution is -0.134. The molecule has 128 valence electrons. The molecule has 0 aliphatic carbocycles. The molecule has 0 heterocycles. The number of nitrogens with one attached hydrogen (secondary N) is 1. The van der Waals surface area contributed by atoms with Gasteiger partial charge in [-0.05, 0) is 30.4 Å². The second-order valence-electron chi connectivity index (χ2n) is 6.05. The number of hydrogen-bond donors (Lipinski definition) is 1. The van der Waals surface area contributed by atoms with Crippen LogP contribution in [0.2, 0.25) is 0 Å². The predicted molar refractivity (Wildman–Crippen MR) is 97.2 cm³/mol. The number of benzene rings is 2. The van der Waals surface area contributed by atoms with Crippen LogP contribution in [0.15, 0.2) is 60.7 Å². The first-order chi connectivity index (χ1) is 11.8. The maximum Gasteiger partial charge on any atom is 0.243 e. The van der Waals surface area contributed by atoms with Crippen molar-refractivity contribution in [3.8, 4) is 0 Å². The summed E-state index contributed by atoms with van der Waals surface area (Å²) in [6.45, 7) is 0.409. The van der Waals surface area contributed by atoms with Gasteiger partial charge in [-0.15, -0.1) is 0 Å². The van der Waals surface area contributed by atoms with Gasteiger partial charge in [0.1, 0.15) is 0 Å². The molecule has 3 nitrogen and oxygen atoms in total. The van der Waals surface area contributed by atoms with Gasteiger partial charge in [-0.25, -0.2) is 5.48 Å². The van der Waals surface area contributed by atoms with E-state index in [2.05, 4.69) is 35.8 Å². The maximum atomic E-state index is 11.7. The van der Waals surface area contributed by atoms with Gasteiger partial charge in [0.05, 0.1) is 6.61 Å². The van der Waals surface area contributed by atoms with E-state index in [0.717, 1.165) is 24.8 Å². The average Bonchev–Trinajstić information content (AvgIpc) is 2.63. The molecule has 0 bridgehead atoms. The summed E-state index contributed by atoms with van der Waals surface area (Å²) in [5.41, 5.74) is 4.98. The van der Waals surface area contributed by atoms with Gasteiger partial charge in [-0.2, -0.15) is 0 Å². The highest BCUT2D eigenvalue weighted by atomic mass is 16.6. The van der Waals surface area contributed by atoms with Gasteiger partial charge in [0.15, 0.2) is 0 Å². The van der Waals surface area contributed by atoms with Crippen molar-refractivity contribution in [1.29, 1.82) is 0 Å². The smallest absolute Gasteiger partial charge is 0.243 e. The Morgan fingerprint density at radius 1 is 0.750 bits per heavy atom. The molecule has 0 saturated carbocycles. The molecule has 0 aromatic heterocycles. The van der Waals surface area contributed by atoms with Crippen molar-refractivity contribution in [3.63, 3.8) is 0 Å². The third kappa shape index (κ3) is 7.93. The van der Waals surface area contributed by atoms with E-state index >= 15 is 0 Å². The first kappa shape index (κ1) is 18.2. The minimum Gasteiger partial charge on any atom is -0.273 e. The van der Waals surface area contributed by atoms with Crippen molar-refractivity contribution in [2.75, 3.05) is 0 Å². The van der Waals surface area contributed by atoms with Crippen LogP contribution in [0.5, 0.6) is 0 Å². The molecule has 0 saturated heterocycles. The minimum absolute atomic E-state index is 0.0322. The number of amides is 1. The van der Waals surface area contributed by atoms with E-state index in [9.17, 15) is 4.79 Å². The van der Waals surface area contributed by atoms with Gasteiger partial charge in [-0.1, -0.05) is 79.9 Å². The topological polar surface area (TPSA) is 38.3 Å². The molecule has 2 aromatic carbocycles. The van der Waals surface area contributed by atoms with Crippen LogP contribution in [-0.4, -0.2) is 5.91 Å². The summed E-state index contributed by atoms with van der Waals surface area (Å²) in [5, 5.41) is 0. The number of carbonyl (C=O) groups excluding carboxylic acids is 1. The normalized spacial score (nSPS) is 10.5. The van der Waals surface area contributed by atoms with E-state index < -0.39 is 0 Å². The highest BCUT2D eigenvalue weighted by Crippen LogP contribution is 2.09. The molecule has 1 N–H and O–H groups in total. The lowest BCUT2D eigenvalue weighted by Crippen LogP contribution is -2.23. The van der Waals surface area contributed by atoms with Gasteiger partial charge >= 0.3 is 0 Å². The second kappa shape index (κ2) is 11.4. The molecule has 2 aromatic rings. The van der Waals surface area contributed by atoms with Crippen molar-refractivity contribution >= 4 is 5.91 Å². The monoisotopic (exact) mass is 325 g/mol. The fourth-order valence-corrected chi connectivity index (χ4v) is 2.61. The third-order valence-electron chi connectivity index (χ3n) is 3.98. The number of rotatable bonds is 11. The molecule has 0 unspecified atom stereocenters.